The molecule has 0 atom stereocenters. The smallest absolute Gasteiger partial charge is 0.166 e. The van der Waals surface area contributed by atoms with E-state index in [2.05, 4.69) is 13.8 Å². The zero-order valence-electron chi connectivity index (χ0n) is 20.1. The average molecular weight is 463 g/mol. The normalized spacial score (nSPS) is 18.5. The molecular formula is C31H33F3. The molecule has 0 spiro atoms. The van der Waals surface area contributed by atoms with Gasteiger partial charge in [-0.25, -0.2) is 13.2 Å². The highest BCUT2D eigenvalue weighted by Crippen LogP contribution is 2.37. The summed E-state index contributed by atoms with van der Waals surface area (Å²) in [6, 6.07) is 15.8. The van der Waals surface area contributed by atoms with E-state index >= 15 is 0 Å². The van der Waals surface area contributed by atoms with Crippen LogP contribution in [0, 0.1) is 23.4 Å². The number of benzene rings is 3. The van der Waals surface area contributed by atoms with Crippen molar-refractivity contribution in [3.63, 3.8) is 0 Å². The Morgan fingerprint density at radius 2 is 1.41 bits per heavy atom. The van der Waals surface area contributed by atoms with Crippen LogP contribution in [0.5, 0.6) is 0 Å². The van der Waals surface area contributed by atoms with E-state index in [4.69, 9.17) is 0 Å². The van der Waals surface area contributed by atoms with Crippen molar-refractivity contribution in [1.29, 1.82) is 0 Å². The van der Waals surface area contributed by atoms with Crippen molar-refractivity contribution in [1.82, 2.24) is 0 Å². The van der Waals surface area contributed by atoms with Crippen LogP contribution in [0.4, 0.5) is 13.2 Å². The number of halogens is 3. The van der Waals surface area contributed by atoms with Gasteiger partial charge in [-0.05, 0) is 65.8 Å². The molecule has 0 aromatic heterocycles. The standard InChI is InChI=1S/C31H33F3/c1-3-4-5-6-7-25-16-19-28(31(34)30(25)33)24-14-12-23(13-15-24)27-18-17-26(20-29(27)32)22-10-8-21(2)9-11-22/h5-6,12-22H,3-4,7-11H2,1-2H3/b6-5-. The summed E-state index contributed by atoms with van der Waals surface area (Å²) in [6.45, 7) is 4.36. The average Bonchev–Trinajstić information content (AvgIpc) is 2.85. The van der Waals surface area contributed by atoms with Gasteiger partial charge in [0, 0.05) is 11.1 Å². The number of hydrogen-bond donors (Lipinski definition) is 0. The maximum Gasteiger partial charge on any atom is 0.166 e. The highest BCUT2D eigenvalue weighted by molar-refractivity contribution is 5.71. The summed E-state index contributed by atoms with van der Waals surface area (Å²) in [4.78, 5) is 0. The summed E-state index contributed by atoms with van der Waals surface area (Å²) in [6.07, 6.45) is 10.8. The minimum atomic E-state index is -0.841. The predicted octanol–water partition coefficient (Wildman–Crippen LogP) is 9.63. The van der Waals surface area contributed by atoms with Crippen molar-refractivity contribution in [3.8, 4) is 22.3 Å². The lowest BCUT2D eigenvalue weighted by Crippen LogP contribution is -2.11. The molecule has 1 fully saturated rings. The van der Waals surface area contributed by atoms with Crippen LogP contribution in [0.25, 0.3) is 22.3 Å². The minimum Gasteiger partial charge on any atom is -0.206 e. The van der Waals surface area contributed by atoms with Crippen molar-refractivity contribution < 1.29 is 13.2 Å². The van der Waals surface area contributed by atoms with Crippen molar-refractivity contribution in [2.75, 3.05) is 0 Å². The fourth-order valence-corrected chi connectivity index (χ4v) is 4.91. The number of allylic oxidation sites excluding steroid dienone is 2. The molecule has 0 heterocycles. The highest BCUT2D eigenvalue weighted by Gasteiger charge is 2.21. The second-order valence-electron chi connectivity index (χ2n) is 9.64. The van der Waals surface area contributed by atoms with Crippen molar-refractivity contribution in [3.05, 3.63) is 95.3 Å². The van der Waals surface area contributed by atoms with Gasteiger partial charge in [-0.15, -0.1) is 0 Å². The van der Waals surface area contributed by atoms with Gasteiger partial charge in [-0.3, -0.25) is 0 Å². The maximum atomic E-state index is 15.0. The molecule has 3 aromatic carbocycles. The molecule has 1 aliphatic carbocycles. The Kier molecular flexibility index (Phi) is 7.92. The third-order valence-electron chi connectivity index (χ3n) is 7.11. The molecule has 0 saturated heterocycles. The van der Waals surface area contributed by atoms with E-state index < -0.39 is 11.6 Å². The van der Waals surface area contributed by atoms with Gasteiger partial charge in [0.25, 0.3) is 0 Å². The van der Waals surface area contributed by atoms with E-state index in [-0.39, 0.29) is 11.4 Å². The molecule has 178 valence electrons. The zero-order valence-corrected chi connectivity index (χ0v) is 20.1. The fourth-order valence-electron chi connectivity index (χ4n) is 4.91. The molecule has 0 unspecified atom stereocenters. The van der Waals surface area contributed by atoms with Crippen molar-refractivity contribution >= 4 is 0 Å². The molecule has 3 aromatic rings. The predicted molar refractivity (Wildman–Crippen MR) is 135 cm³/mol. The molecule has 0 amide bonds. The molecule has 1 saturated carbocycles. The Bertz CT molecular complexity index is 1140. The molecule has 34 heavy (non-hydrogen) atoms. The second kappa shape index (κ2) is 11.1. The van der Waals surface area contributed by atoms with E-state index in [0.29, 0.717) is 29.0 Å². The Hall–Kier alpha value is -2.81. The third kappa shape index (κ3) is 5.46. The minimum absolute atomic E-state index is 0.215. The Morgan fingerprint density at radius 3 is 2.06 bits per heavy atom. The summed E-state index contributed by atoms with van der Waals surface area (Å²) in [7, 11) is 0. The zero-order chi connectivity index (χ0) is 24.1. The number of rotatable bonds is 7. The van der Waals surface area contributed by atoms with Gasteiger partial charge in [0.05, 0.1) is 0 Å². The van der Waals surface area contributed by atoms with Gasteiger partial charge in [-0.1, -0.05) is 93.8 Å². The van der Waals surface area contributed by atoms with Gasteiger partial charge in [0.2, 0.25) is 0 Å². The fraction of sp³-hybridized carbons (Fsp3) is 0.355. The topological polar surface area (TPSA) is 0 Å². The van der Waals surface area contributed by atoms with Crippen LogP contribution >= 0.6 is 0 Å². The summed E-state index contributed by atoms with van der Waals surface area (Å²) >= 11 is 0. The Morgan fingerprint density at radius 1 is 0.765 bits per heavy atom. The van der Waals surface area contributed by atoms with Crippen LogP contribution in [0.3, 0.4) is 0 Å². The van der Waals surface area contributed by atoms with Crippen LogP contribution in [-0.2, 0) is 6.42 Å². The molecule has 0 bridgehead atoms. The lowest BCUT2D eigenvalue weighted by Gasteiger charge is -2.26. The highest BCUT2D eigenvalue weighted by atomic mass is 19.2. The number of hydrogen-bond acceptors (Lipinski definition) is 0. The largest absolute Gasteiger partial charge is 0.206 e. The van der Waals surface area contributed by atoms with Gasteiger partial charge >= 0.3 is 0 Å². The Labute approximate surface area is 201 Å². The Balaban J connectivity index is 1.51. The van der Waals surface area contributed by atoms with E-state index in [1.54, 1.807) is 42.5 Å². The van der Waals surface area contributed by atoms with Crippen molar-refractivity contribution in [2.45, 2.75) is 64.7 Å². The van der Waals surface area contributed by atoms with Crippen LogP contribution in [0.1, 0.15) is 69.4 Å². The van der Waals surface area contributed by atoms with Gasteiger partial charge in [0.1, 0.15) is 5.82 Å². The lowest BCUT2D eigenvalue weighted by atomic mass is 9.79. The van der Waals surface area contributed by atoms with E-state index in [9.17, 15) is 13.2 Å². The first kappa shape index (κ1) is 24.3. The first-order chi connectivity index (χ1) is 16.5. The monoisotopic (exact) mass is 462 g/mol. The van der Waals surface area contributed by atoms with Crippen LogP contribution in [0.2, 0.25) is 0 Å². The second-order valence-corrected chi connectivity index (χ2v) is 9.64. The SMILES string of the molecule is CCC/C=C\Cc1ccc(-c2ccc(-c3ccc(C4CCC(C)CC4)cc3F)cc2)c(F)c1F. The molecule has 0 radical (unpaired) electrons. The van der Waals surface area contributed by atoms with Gasteiger partial charge < -0.3 is 0 Å². The summed E-state index contributed by atoms with van der Waals surface area (Å²) < 4.78 is 44.4. The van der Waals surface area contributed by atoms with Crippen LogP contribution < -0.4 is 0 Å². The van der Waals surface area contributed by atoms with Gasteiger partial charge in [-0.2, -0.15) is 0 Å². The van der Waals surface area contributed by atoms with E-state index in [1.165, 1.54) is 12.8 Å². The molecule has 4 rings (SSSR count). The molecule has 0 aliphatic heterocycles. The maximum absolute atomic E-state index is 15.0. The quantitative estimate of drug-likeness (QED) is 0.307. The van der Waals surface area contributed by atoms with E-state index in [1.807, 2.05) is 24.3 Å². The van der Waals surface area contributed by atoms with E-state index in [0.717, 1.165) is 42.7 Å². The number of unbranched alkanes of at least 4 members (excludes halogenated alkanes) is 1. The molecular weight excluding hydrogens is 429 g/mol. The molecule has 0 N–H and O–H groups in total. The summed E-state index contributed by atoms with van der Waals surface area (Å²) in [5, 5.41) is 0. The van der Waals surface area contributed by atoms with Gasteiger partial charge in [0.15, 0.2) is 11.6 Å². The third-order valence-corrected chi connectivity index (χ3v) is 7.11. The molecule has 0 nitrogen and oxygen atoms in total. The first-order valence-corrected chi connectivity index (χ1v) is 12.5. The lowest BCUT2D eigenvalue weighted by molar-refractivity contribution is 0.347. The van der Waals surface area contributed by atoms with Crippen LogP contribution in [0.15, 0.2) is 66.7 Å². The van der Waals surface area contributed by atoms with Crippen molar-refractivity contribution in [2.24, 2.45) is 5.92 Å². The first-order valence-electron chi connectivity index (χ1n) is 12.5. The molecule has 1 aliphatic rings. The molecule has 3 heteroatoms. The van der Waals surface area contributed by atoms with Crippen LogP contribution in [-0.4, -0.2) is 0 Å². The summed E-state index contributed by atoms with van der Waals surface area (Å²) in [5.74, 6) is -0.685. The summed E-state index contributed by atoms with van der Waals surface area (Å²) in [5.41, 5.74) is 3.46.